The lowest BCUT2D eigenvalue weighted by Crippen LogP contribution is -2.04. The molecule has 2 N–H and O–H groups in total. The van der Waals surface area contributed by atoms with Crippen LogP contribution in [-0.2, 0) is 13.6 Å². The highest BCUT2D eigenvalue weighted by atomic mass is 16.4. The summed E-state index contributed by atoms with van der Waals surface area (Å²) < 4.78 is 2.16. The van der Waals surface area contributed by atoms with Crippen LogP contribution in [0.2, 0.25) is 0 Å². The highest BCUT2D eigenvalue weighted by Crippen LogP contribution is 2.19. The molecule has 2 rings (SSSR count). The molecule has 0 aliphatic rings. The molecule has 0 atom stereocenters. The lowest BCUT2D eigenvalue weighted by molar-refractivity contribution is 0.0697. The van der Waals surface area contributed by atoms with Gasteiger partial charge in [0, 0.05) is 30.7 Å². The first kappa shape index (κ1) is 14.2. The van der Waals surface area contributed by atoms with Gasteiger partial charge in [0.15, 0.2) is 0 Å². The topological polar surface area (TPSA) is 54.3 Å². The van der Waals surface area contributed by atoms with E-state index in [1.54, 1.807) is 12.1 Å². The van der Waals surface area contributed by atoms with Crippen LogP contribution in [-0.4, -0.2) is 15.6 Å². The Morgan fingerprint density at radius 1 is 1.25 bits per heavy atom. The van der Waals surface area contributed by atoms with Crippen molar-refractivity contribution >= 4 is 11.7 Å². The average Bonchev–Trinajstić information content (AvgIpc) is 2.64. The van der Waals surface area contributed by atoms with Crippen molar-refractivity contribution in [3.63, 3.8) is 0 Å². The van der Waals surface area contributed by atoms with E-state index < -0.39 is 5.97 Å². The predicted octanol–water partition coefficient (Wildman–Crippen LogP) is 3.26. The zero-order chi connectivity index (χ0) is 14.9. The van der Waals surface area contributed by atoms with Crippen LogP contribution in [0.15, 0.2) is 24.3 Å². The standard InChI is InChI=1S/C16H20N2O2/c1-10-7-13(16(19)20)5-6-15(10)17-9-14-8-11(2)18(4)12(14)3/h5-8,17H,9H2,1-4H3,(H,19,20). The molecule has 0 bridgehead atoms. The molecule has 0 aliphatic heterocycles. The Bertz CT molecular complexity index is 657. The van der Waals surface area contributed by atoms with Crippen LogP contribution in [0.25, 0.3) is 0 Å². The van der Waals surface area contributed by atoms with Crippen LogP contribution in [0, 0.1) is 20.8 Å². The molecule has 0 saturated carbocycles. The first-order chi connectivity index (χ1) is 9.40. The van der Waals surface area contributed by atoms with Gasteiger partial charge in [-0.15, -0.1) is 0 Å². The summed E-state index contributed by atoms with van der Waals surface area (Å²) in [6.45, 7) is 6.84. The summed E-state index contributed by atoms with van der Waals surface area (Å²) in [5.41, 5.74) is 5.96. The molecule has 0 amide bonds. The predicted molar refractivity (Wildman–Crippen MR) is 80.4 cm³/mol. The van der Waals surface area contributed by atoms with Crippen molar-refractivity contribution in [2.45, 2.75) is 27.3 Å². The van der Waals surface area contributed by atoms with Gasteiger partial charge in [-0.1, -0.05) is 0 Å². The van der Waals surface area contributed by atoms with Crippen molar-refractivity contribution in [3.8, 4) is 0 Å². The number of carboxylic acids is 1. The number of nitrogens with zero attached hydrogens (tertiary/aromatic N) is 1. The molecule has 0 fully saturated rings. The Kier molecular flexibility index (Phi) is 3.84. The third-order valence-electron chi connectivity index (χ3n) is 3.82. The second kappa shape index (κ2) is 5.41. The number of carbonyl (C=O) groups is 1. The minimum atomic E-state index is -0.894. The Labute approximate surface area is 119 Å². The van der Waals surface area contributed by atoms with Gasteiger partial charge in [0.05, 0.1) is 5.56 Å². The first-order valence-corrected chi connectivity index (χ1v) is 6.59. The molecule has 1 aromatic carbocycles. The maximum absolute atomic E-state index is 10.9. The van der Waals surface area contributed by atoms with Gasteiger partial charge in [0.25, 0.3) is 0 Å². The summed E-state index contributed by atoms with van der Waals surface area (Å²) in [6.07, 6.45) is 0. The number of aryl methyl sites for hydroxylation is 2. The normalized spacial score (nSPS) is 10.6. The summed E-state index contributed by atoms with van der Waals surface area (Å²) in [7, 11) is 2.06. The highest BCUT2D eigenvalue weighted by molar-refractivity contribution is 5.88. The molecular weight excluding hydrogens is 252 g/mol. The van der Waals surface area contributed by atoms with Crippen LogP contribution in [0.5, 0.6) is 0 Å². The molecule has 1 aromatic heterocycles. The monoisotopic (exact) mass is 272 g/mol. The van der Waals surface area contributed by atoms with Gasteiger partial charge < -0.3 is 15.0 Å². The molecule has 0 unspecified atom stereocenters. The molecule has 0 radical (unpaired) electrons. The number of aromatic carboxylic acids is 1. The fourth-order valence-electron chi connectivity index (χ4n) is 2.30. The van der Waals surface area contributed by atoms with E-state index in [1.807, 2.05) is 13.0 Å². The van der Waals surface area contributed by atoms with E-state index in [2.05, 4.69) is 36.8 Å². The van der Waals surface area contributed by atoms with E-state index in [1.165, 1.54) is 17.0 Å². The van der Waals surface area contributed by atoms with Crippen molar-refractivity contribution in [1.29, 1.82) is 0 Å². The number of rotatable bonds is 4. The first-order valence-electron chi connectivity index (χ1n) is 6.59. The molecule has 4 nitrogen and oxygen atoms in total. The highest BCUT2D eigenvalue weighted by Gasteiger charge is 2.08. The zero-order valence-electron chi connectivity index (χ0n) is 12.3. The SMILES string of the molecule is Cc1cc(C(=O)O)ccc1NCc1cc(C)n(C)c1C. The Balaban J connectivity index is 2.15. The van der Waals surface area contributed by atoms with Crippen molar-refractivity contribution in [2.75, 3.05) is 5.32 Å². The molecule has 0 aliphatic carbocycles. The maximum atomic E-state index is 10.9. The third-order valence-corrected chi connectivity index (χ3v) is 3.82. The fraction of sp³-hybridized carbons (Fsp3) is 0.312. The smallest absolute Gasteiger partial charge is 0.335 e. The van der Waals surface area contributed by atoms with E-state index in [0.29, 0.717) is 5.56 Å². The Morgan fingerprint density at radius 2 is 1.95 bits per heavy atom. The lowest BCUT2D eigenvalue weighted by Gasteiger charge is -2.10. The van der Waals surface area contributed by atoms with E-state index >= 15 is 0 Å². The molecule has 4 heteroatoms. The molecule has 2 aromatic rings. The lowest BCUT2D eigenvalue weighted by atomic mass is 10.1. The number of anilines is 1. The average molecular weight is 272 g/mol. The van der Waals surface area contributed by atoms with Gasteiger partial charge in [-0.25, -0.2) is 4.79 Å². The van der Waals surface area contributed by atoms with Crippen LogP contribution < -0.4 is 5.32 Å². The van der Waals surface area contributed by atoms with E-state index in [4.69, 9.17) is 5.11 Å². The number of aromatic nitrogens is 1. The molecule has 0 saturated heterocycles. The molecule has 106 valence electrons. The summed E-state index contributed by atoms with van der Waals surface area (Å²) in [5, 5.41) is 12.3. The summed E-state index contributed by atoms with van der Waals surface area (Å²) in [5.74, 6) is -0.894. The van der Waals surface area contributed by atoms with Gasteiger partial charge >= 0.3 is 5.97 Å². The van der Waals surface area contributed by atoms with Crippen LogP contribution in [0.4, 0.5) is 5.69 Å². The van der Waals surface area contributed by atoms with Gasteiger partial charge in [0.1, 0.15) is 0 Å². The van der Waals surface area contributed by atoms with Crippen LogP contribution in [0.1, 0.15) is 32.9 Å². The number of benzene rings is 1. The zero-order valence-corrected chi connectivity index (χ0v) is 12.3. The molecule has 1 heterocycles. The van der Waals surface area contributed by atoms with E-state index in [9.17, 15) is 4.79 Å². The van der Waals surface area contributed by atoms with Gasteiger partial charge in [0.2, 0.25) is 0 Å². The summed E-state index contributed by atoms with van der Waals surface area (Å²) >= 11 is 0. The van der Waals surface area contributed by atoms with Crippen molar-refractivity contribution in [1.82, 2.24) is 4.57 Å². The Morgan fingerprint density at radius 3 is 2.45 bits per heavy atom. The fourth-order valence-corrected chi connectivity index (χ4v) is 2.30. The van der Waals surface area contributed by atoms with Gasteiger partial charge in [-0.3, -0.25) is 0 Å². The summed E-state index contributed by atoms with van der Waals surface area (Å²) in [6, 6.07) is 7.31. The number of hydrogen-bond acceptors (Lipinski definition) is 2. The molecule has 0 spiro atoms. The van der Waals surface area contributed by atoms with Crippen molar-refractivity contribution < 1.29 is 9.90 Å². The van der Waals surface area contributed by atoms with Gasteiger partial charge in [-0.2, -0.15) is 0 Å². The second-order valence-corrected chi connectivity index (χ2v) is 5.14. The van der Waals surface area contributed by atoms with E-state index in [-0.39, 0.29) is 0 Å². The molecule has 20 heavy (non-hydrogen) atoms. The Hall–Kier alpha value is -2.23. The van der Waals surface area contributed by atoms with Crippen LogP contribution in [0.3, 0.4) is 0 Å². The third kappa shape index (κ3) is 2.69. The second-order valence-electron chi connectivity index (χ2n) is 5.14. The quantitative estimate of drug-likeness (QED) is 0.898. The maximum Gasteiger partial charge on any atom is 0.335 e. The summed E-state index contributed by atoms with van der Waals surface area (Å²) in [4.78, 5) is 10.9. The van der Waals surface area contributed by atoms with Crippen molar-refractivity contribution in [2.24, 2.45) is 7.05 Å². The van der Waals surface area contributed by atoms with Crippen LogP contribution >= 0.6 is 0 Å². The van der Waals surface area contributed by atoms with Crippen molar-refractivity contribution in [3.05, 3.63) is 52.3 Å². The number of carboxylic acid groups (broad SMARTS) is 1. The largest absolute Gasteiger partial charge is 0.478 e. The molecular formula is C16H20N2O2. The minimum Gasteiger partial charge on any atom is -0.478 e. The van der Waals surface area contributed by atoms with Gasteiger partial charge in [-0.05, 0) is 56.2 Å². The minimum absolute atomic E-state index is 0.319. The number of hydrogen-bond donors (Lipinski definition) is 2. The van der Waals surface area contributed by atoms with E-state index in [0.717, 1.165) is 17.8 Å². The number of nitrogens with one attached hydrogen (secondary N) is 1.